The molecule has 0 amide bonds. The number of sulfonamides is 1. The van der Waals surface area contributed by atoms with Crippen LogP contribution in [-0.4, -0.2) is 25.1 Å². The molecule has 5 rings (SSSR count). The number of hydrogen-bond acceptors (Lipinski definition) is 5. The van der Waals surface area contributed by atoms with Crippen LogP contribution in [0.15, 0.2) is 79.3 Å². The molecule has 7 nitrogen and oxygen atoms in total. The Hall–Kier alpha value is -3.38. The van der Waals surface area contributed by atoms with Gasteiger partial charge in [-0.05, 0) is 69.2 Å². The van der Waals surface area contributed by atoms with Crippen molar-refractivity contribution in [1.82, 2.24) is 10.1 Å². The van der Waals surface area contributed by atoms with Crippen molar-refractivity contribution < 1.29 is 26.1 Å². The standard InChI is InChI=1S/C26H21BrF3N3O4S/c1-25(2)13-16-4-3-5-19(15-6-8-17(9-7-15)26(28,29)30)22(16)33(14-25)38(35,36)18-10-11-20(21(27)12-18)23-31-24(34)37-32-23/h3-12H,13-14H2,1-2H3,(H,31,32,34). The molecule has 0 saturated carbocycles. The molecule has 0 fully saturated rings. The molecule has 12 heteroatoms. The Balaban J connectivity index is 1.63. The third-order valence-corrected chi connectivity index (χ3v) is 8.75. The summed E-state index contributed by atoms with van der Waals surface area (Å²) >= 11 is 3.36. The normalized spacial score (nSPS) is 15.4. The zero-order valence-electron chi connectivity index (χ0n) is 20.1. The van der Waals surface area contributed by atoms with Crippen LogP contribution in [0.5, 0.6) is 0 Å². The van der Waals surface area contributed by atoms with E-state index < -0.39 is 32.9 Å². The van der Waals surface area contributed by atoms with Gasteiger partial charge in [-0.3, -0.25) is 13.8 Å². The second kappa shape index (κ2) is 9.12. The first-order valence-corrected chi connectivity index (χ1v) is 13.7. The van der Waals surface area contributed by atoms with Crippen LogP contribution in [0, 0.1) is 5.41 Å². The maximum atomic E-state index is 14.1. The van der Waals surface area contributed by atoms with Gasteiger partial charge in [0.05, 0.1) is 16.1 Å². The highest BCUT2D eigenvalue weighted by molar-refractivity contribution is 9.10. The first-order valence-electron chi connectivity index (χ1n) is 11.4. The fourth-order valence-electron chi connectivity index (χ4n) is 4.67. The SMILES string of the molecule is CC1(C)Cc2cccc(-c3ccc(C(F)(F)F)cc3)c2N(S(=O)(=O)c2ccc(-c3noc(=O)[nH]3)c(Br)c2)C1. The van der Waals surface area contributed by atoms with Gasteiger partial charge in [0.2, 0.25) is 0 Å². The summed E-state index contributed by atoms with van der Waals surface area (Å²) in [6.45, 7) is 4.09. The van der Waals surface area contributed by atoms with E-state index in [0.717, 1.165) is 17.7 Å². The number of anilines is 1. The molecule has 38 heavy (non-hydrogen) atoms. The molecule has 1 aliphatic heterocycles. The zero-order chi connectivity index (χ0) is 27.5. The minimum absolute atomic E-state index is 0.00941. The second-order valence-electron chi connectivity index (χ2n) is 9.83. The molecule has 0 bridgehead atoms. The highest BCUT2D eigenvalue weighted by Crippen LogP contribution is 2.45. The number of H-pyrrole nitrogens is 1. The summed E-state index contributed by atoms with van der Waals surface area (Å²) in [7, 11) is -4.12. The van der Waals surface area contributed by atoms with Crippen molar-refractivity contribution in [1.29, 1.82) is 0 Å². The van der Waals surface area contributed by atoms with E-state index in [2.05, 4.69) is 30.6 Å². The number of nitrogens with one attached hydrogen (secondary N) is 1. The van der Waals surface area contributed by atoms with E-state index in [0.29, 0.717) is 33.3 Å². The number of aromatic nitrogens is 2. The highest BCUT2D eigenvalue weighted by atomic mass is 79.9. The molecule has 1 aliphatic rings. The van der Waals surface area contributed by atoms with Gasteiger partial charge in [-0.1, -0.05) is 49.3 Å². The van der Waals surface area contributed by atoms with Gasteiger partial charge in [-0.2, -0.15) is 13.2 Å². The van der Waals surface area contributed by atoms with Crippen LogP contribution in [-0.2, 0) is 22.6 Å². The van der Waals surface area contributed by atoms with E-state index in [-0.39, 0.29) is 17.3 Å². The summed E-state index contributed by atoms with van der Waals surface area (Å²) < 4.78 is 73.8. The molecule has 198 valence electrons. The highest BCUT2D eigenvalue weighted by Gasteiger charge is 2.39. The summed E-state index contributed by atoms with van der Waals surface area (Å²) in [6, 6.07) is 14.3. The molecule has 0 radical (unpaired) electrons. The fourth-order valence-corrected chi connectivity index (χ4v) is 7.12. The third kappa shape index (κ3) is 4.78. The second-order valence-corrected chi connectivity index (χ2v) is 12.5. The van der Waals surface area contributed by atoms with Crippen molar-refractivity contribution in [3.63, 3.8) is 0 Å². The van der Waals surface area contributed by atoms with Gasteiger partial charge in [0.15, 0.2) is 5.82 Å². The Kier molecular flexibility index (Phi) is 6.30. The molecular weight excluding hydrogens is 587 g/mol. The van der Waals surface area contributed by atoms with Crippen LogP contribution in [0.1, 0.15) is 25.0 Å². The largest absolute Gasteiger partial charge is 0.439 e. The molecule has 0 atom stereocenters. The predicted molar refractivity (Wildman–Crippen MR) is 139 cm³/mol. The molecule has 1 N–H and O–H groups in total. The summed E-state index contributed by atoms with van der Waals surface area (Å²) in [5.74, 6) is -0.605. The predicted octanol–water partition coefficient (Wildman–Crippen LogP) is 6.26. The molecule has 2 heterocycles. The number of rotatable bonds is 4. The van der Waals surface area contributed by atoms with E-state index >= 15 is 0 Å². The number of fused-ring (bicyclic) bond motifs is 1. The number of nitrogens with zero attached hydrogens (tertiary/aromatic N) is 2. The van der Waals surface area contributed by atoms with Crippen LogP contribution in [0.4, 0.5) is 18.9 Å². The minimum Gasteiger partial charge on any atom is -0.296 e. The molecule has 3 aromatic carbocycles. The van der Waals surface area contributed by atoms with E-state index in [1.54, 1.807) is 12.1 Å². The van der Waals surface area contributed by atoms with E-state index in [1.165, 1.54) is 34.6 Å². The van der Waals surface area contributed by atoms with Gasteiger partial charge >= 0.3 is 11.9 Å². The average molecular weight is 608 g/mol. The Morgan fingerprint density at radius 2 is 1.76 bits per heavy atom. The lowest BCUT2D eigenvalue weighted by atomic mass is 9.80. The van der Waals surface area contributed by atoms with Gasteiger partial charge < -0.3 is 0 Å². The van der Waals surface area contributed by atoms with E-state index in [9.17, 15) is 26.4 Å². The van der Waals surface area contributed by atoms with Crippen LogP contribution in [0.3, 0.4) is 0 Å². The Morgan fingerprint density at radius 3 is 2.37 bits per heavy atom. The molecule has 0 spiro atoms. The lowest BCUT2D eigenvalue weighted by Crippen LogP contribution is -2.44. The lowest BCUT2D eigenvalue weighted by Gasteiger charge is -2.41. The maximum absolute atomic E-state index is 14.1. The lowest BCUT2D eigenvalue weighted by molar-refractivity contribution is -0.137. The first kappa shape index (κ1) is 26.2. The maximum Gasteiger partial charge on any atom is 0.439 e. The summed E-state index contributed by atoms with van der Waals surface area (Å²) in [6.07, 6.45) is -3.89. The van der Waals surface area contributed by atoms with Crippen LogP contribution < -0.4 is 10.1 Å². The van der Waals surface area contributed by atoms with E-state index in [1.807, 2.05) is 19.9 Å². The summed E-state index contributed by atoms with van der Waals surface area (Å²) in [5, 5.41) is 3.64. The Bertz CT molecular complexity index is 1690. The number of benzene rings is 3. The third-order valence-electron chi connectivity index (χ3n) is 6.36. The Morgan fingerprint density at radius 1 is 1.05 bits per heavy atom. The molecule has 0 aliphatic carbocycles. The molecule has 1 aromatic heterocycles. The average Bonchev–Trinajstić information content (AvgIpc) is 3.27. The zero-order valence-corrected chi connectivity index (χ0v) is 22.5. The molecular formula is C26H21BrF3N3O4S. The van der Waals surface area contributed by atoms with Gasteiger partial charge in [-0.25, -0.2) is 13.2 Å². The summed E-state index contributed by atoms with van der Waals surface area (Å²) in [4.78, 5) is 13.8. The molecule has 0 unspecified atom stereocenters. The van der Waals surface area contributed by atoms with Gasteiger partial charge in [0, 0.05) is 22.1 Å². The van der Waals surface area contributed by atoms with Crippen molar-refractivity contribution in [2.75, 3.05) is 10.8 Å². The number of alkyl halides is 3. The monoisotopic (exact) mass is 607 g/mol. The van der Waals surface area contributed by atoms with Crippen LogP contribution >= 0.6 is 15.9 Å². The fraction of sp³-hybridized carbons (Fsp3) is 0.231. The summed E-state index contributed by atoms with van der Waals surface area (Å²) in [5.41, 5.74) is 1.45. The van der Waals surface area contributed by atoms with Gasteiger partial charge in [0.25, 0.3) is 10.0 Å². The minimum atomic E-state index is -4.48. The number of para-hydroxylation sites is 1. The van der Waals surface area contributed by atoms with Gasteiger partial charge in [-0.15, -0.1) is 0 Å². The molecule has 0 saturated heterocycles. The van der Waals surface area contributed by atoms with Gasteiger partial charge in [0.1, 0.15) is 0 Å². The van der Waals surface area contributed by atoms with Crippen LogP contribution in [0.25, 0.3) is 22.5 Å². The number of halogens is 4. The van der Waals surface area contributed by atoms with Crippen molar-refractivity contribution in [2.24, 2.45) is 5.41 Å². The quantitative estimate of drug-likeness (QED) is 0.295. The molecule has 4 aromatic rings. The van der Waals surface area contributed by atoms with E-state index in [4.69, 9.17) is 0 Å². The smallest absolute Gasteiger partial charge is 0.296 e. The van der Waals surface area contributed by atoms with Crippen LogP contribution in [0.2, 0.25) is 0 Å². The topological polar surface area (TPSA) is 96.3 Å². The number of aromatic amines is 1. The first-order chi connectivity index (χ1) is 17.8. The van der Waals surface area contributed by atoms with Crippen molar-refractivity contribution >= 4 is 31.6 Å². The van der Waals surface area contributed by atoms with Crippen molar-refractivity contribution in [3.8, 4) is 22.5 Å². The van der Waals surface area contributed by atoms with Crippen molar-refractivity contribution in [2.45, 2.75) is 31.3 Å². The Labute approximate surface area is 224 Å². The number of hydrogen-bond donors (Lipinski definition) is 1. The van der Waals surface area contributed by atoms with Crippen molar-refractivity contribution in [3.05, 3.63) is 86.8 Å².